The van der Waals surface area contributed by atoms with Crippen LogP contribution in [-0.2, 0) is 0 Å². The molecule has 0 spiro atoms. The maximum absolute atomic E-state index is 5.80. The van der Waals surface area contributed by atoms with E-state index in [1.807, 2.05) is 0 Å². The summed E-state index contributed by atoms with van der Waals surface area (Å²) in [6.07, 6.45) is 0. The highest BCUT2D eigenvalue weighted by molar-refractivity contribution is 6.07. The lowest BCUT2D eigenvalue weighted by atomic mass is 9.89. The first-order valence-electron chi connectivity index (χ1n) is 19.7. The zero-order valence-corrected chi connectivity index (χ0v) is 31.8. The zero-order chi connectivity index (χ0) is 38.7. The summed E-state index contributed by atoms with van der Waals surface area (Å²) in [6.45, 7) is 0. The van der Waals surface area contributed by atoms with Gasteiger partial charge in [-0.1, -0.05) is 218 Å². The Kier molecular flexibility index (Phi) is 9.27. The Balaban J connectivity index is 1.30. The van der Waals surface area contributed by atoms with E-state index < -0.39 is 0 Å². The van der Waals surface area contributed by atoms with Gasteiger partial charge in [-0.3, -0.25) is 0 Å². The van der Waals surface area contributed by atoms with Crippen LogP contribution in [-0.4, -0.2) is 9.97 Å². The van der Waals surface area contributed by atoms with E-state index >= 15 is 0 Å². The number of hydrogen-bond acceptors (Lipinski definition) is 2. The molecule has 0 radical (unpaired) electrons. The smallest absolute Gasteiger partial charge is 0.0979 e. The fourth-order valence-electron chi connectivity index (χ4n) is 8.10. The topological polar surface area (TPSA) is 25.8 Å². The Hall–Kier alpha value is -7.68. The van der Waals surface area contributed by atoms with Crippen LogP contribution in [0.5, 0.6) is 0 Å². The second kappa shape index (κ2) is 15.5. The number of fused-ring (bicyclic) bond motifs is 1. The molecule has 0 aliphatic heterocycles. The molecule has 0 N–H and O–H groups in total. The minimum absolute atomic E-state index is 0.836. The van der Waals surface area contributed by atoms with Crippen LogP contribution in [0.25, 0.3) is 100 Å². The third-order valence-corrected chi connectivity index (χ3v) is 10.9. The molecule has 0 aliphatic rings. The van der Waals surface area contributed by atoms with E-state index in [1.54, 1.807) is 0 Å². The predicted octanol–water partition coefficient (Wildman–Crippen LogP) is 15.0. The summed E-state index contributed by atoms with van der Waals surface area (Å²) in [6, 6.07) is 81.5. The Morgan fingerprint density at radius 1 is 0.190 bits per heavy atom. The zero-order valence-electron chi connectivity index (χ0n) is 31.8. The van der Waals surface area contributed by atoms with Crippen LogP contribution in [0.4, 0.5) is 0 Å². The first-order valence-corrected chi connectivity index (χ1v) is 19.7. The minimum Gasteiger partial charge on any atom is -0.243 e. The highest BCUT2D eigenvalue weighted by atomic mass is 14.8. The van der Waals surface area contributed by atoms with Crippen LogP contribution in [0.3, 0.4) is 0 Å². The number of aromatic nitrogens is 2. The van der Waals surface area contributed by atoms with Crippen LogP contribution < -0.4 is 0 Å². The molecule has 272 valence electrons. The largest absolute Gasteiger partial charge is 0.243 e. The van der Waals surface area contributed by atoms with E-state index in [2.05, 4.69) is 231 Å². The molecule has 0 bridgehead atoms. The van der Waals surface area contributed by atoms with Crippen molar-refractivity contribution < 1.29 is 0 Å². The summed E-state index contributed by atoms with van der Waals surface area (Å²) in [5.41, 5.74) is 18.9. The van der Waals surface area contributed by atoms with Crippen molar-refractivity contribution in [1.82, 2.24) is 9.97 Å². The van der Waals surface area contributed by atoms with Gasteiger partial charge < -0.3 is 0 Å². The van der Waals surface area contributed by atoms with Crippen molar-refractivity contribution >= 4 is 11.0 Å². The van der Waals surface area contributed by atoms with Gasteiger partial charge in [0.25, 0.3) is 0 Å². The monoisotopic (exact) mass is 738 g/mol. The number of rotatable bonds is 8. The summed E-state index contributed by atoms with van der Waals surface area (Å²) in [5, 5.41) is 0. The van der Waals surface area contributed by atoms with Crippen molar-refractivity contribution in [2.75, 3.05) is 0 Å². The van der Waals surface area contributed by atoms with Gasteiger partial charge in [0.05, 0.1) is 22.4 Å². The predicted molar refractivity (Wildman–Crippen MR) is 243 cm³/mol. The Morgan fingerprint density at radius 3 is 0.862 bits per heavy atom. The van der Waals surface area contributed by atoms with Gasteiger partial charge in [0.2, 0.25) is 0 Å². The molecule has 1 aromatic heterocycles. The SMILES string of the molecule is c1ccc(-c2cccc(-c3nc4c(-c5ccccc5-c5ccccc5)ccc(-c5ccccc5-c5ccccc5)c4nc3-c3cccc(-c4ccccc4)c3)c2)cc1. The molecule has 10 rings (SSSR count). The van der Waals surface area contributed by atoms with E-state index in [9.17, 15) is 0 Å². The summed E-state index contributed by atoms with van der Waals surface area (Å²) in [5.74, 6) is 0. The third kappa shape index (κ3) is 6.67. The van der Waals surface area contributed by atoms with Crippen molar-refractivity contribution in [3.63, 3.8) is 0 Å². The molecule has 2 heteroatoms. The first kappa shape index (κ1) is 34.8. The average Bonchev–Trinajstić information content (AvgIpc) is 3.32. The van der Waals surface area contributed by atoms with Crippen molar-refractivity contribution in [3.05, 3.63) is 231 Å². The van der Waals surface area contributed by atoms with Gasteiger partial charge in [0, 0.05) is 22.3 Å². The molecule has 1 heterocycles. The molecule has 0 fully saturated rings. The maximum atomic E-state index is 5.80. The van der Waals surface area contributed by atoms with Crippen LogP contribution in [0.1, 0.15) is 0 Å². The Labute approximate surface area is 339 Å². The number of hydrogen-bond donors (Lipinski definition) is 0. The number of benzene rings is 9. The molecule has 0 saturated carbocycles. The molecular formula is C56H38N2. The molecule has 10 aromatic rings. The van der Waals surface area contributed by atoms with Gasteiger partial charge in [-0.05, 0) is 67.8 Å². The van der Waals surface area contributed by atoms with Crippen molar-refractivity contribution in [1.29, 1.82) is 0 Å². The first-order chi connectivity index (χ1) is 28.8. The quantitative estimate of drug-likeness (QED) is 0.155. The molecule has 0 unspecified atom stereocenters. The van der Waals surface area contributed by atoms with E-state index in [0.717, 1.165) is 100 Å². The number of nitrogens with zero attached hydrogens (tertiary/aromatic N) is 2. The Morgan fingerprint density at radius 2 is 0.483 bits per heavy atom. The summed E-state index contributed by atoms with van der Waals surface area (Å²) < 4.78 is 0. The molecule has 2 nitrogen and oxygen atoms in total. The van der Waals surface area contributed by atoms with E-state index in [4.69, 9.17) is 9.97 Å². The van der Waals surface area contributed by atoms with E-state index in [-0.39, 0.29) is 0 Å². The lowest BCUT2D eigenvalue weighted by Gasteiger charge is -2.19. The molecule has 58 heavy (non-hydrogen) atoms. The van der Waals surface area contributed by atoms with Crippen LogP contribution in [0.2, 0.25) is 0 Å². The standard InChI is InChI=1S/C56H38N2/c1-5-19-39(20-6-1)43-27-17-29-45(37-43)53-54(46-30-18-28-44(38-46)40-21-7-2-8-22-40)58-56-52(50-34-16-14-32-48(50)42-25-11-4-12-26-42)36-35-51(55(56)57-53)49-33-15-13-31-47(49)41-23-9-3-10-24-41/h1-38H. The van der Waals surface area contributed by atoms with Crippen molar-refractivity contribution in [2.24, 2.45) is 0 Å². The highest BCUT2D eigenvalue weighted by Crippen LogP contribution is 2.44. The molecular weight excluding hydrogens is 701 g/mol. The maximum Gasteiger partial charge on any atom is 0.0979 e. The van der Waals surface area contributed by atoms with Crippen LogP contribution >= 0.6 is 0 Å². The molecule has 0 aliphatic carbocycles. The van der Waals surface area contributed by atoms with Gasteiger partial charge in [-0.15, -0.1) is 0 Å². The van der Waals surface area contributed by atoms with Gasteiger partial charge in [0.15, 0.2) is 0 Å². The fraction of sp³-hybridized carbons (Fsp3) is 0. The summed E-state index contributed by atoms with van der Waals surface area (Å²) >= 11 is 0. The van der Waals surface area contributed by atoms with Gasteiger partial charge in [-0.25, -0.2) is 9.97 Å². The third-order valence-electron chi connectivity index (χ3n) is 10.9. The highest BCUT2D eigenvalue weighted by Gasteiger charge is 2.22. The van der Waals surface area contributed by atoms with E-state index in [0.29, 0.717) is 0 Å². The molecule has 0 atom stereocenters. The second-order valence-corrected chi connectivity index (χ2v) is 14.5. The van der Waals surface area contributed by atoms with Gasteiger partial charge >= 0.3 is 0 Å². The van der Waals surface area contributed by atoms with Crippen LogP contribution in [0, 0.1) is 0 Å². The van der Waals surface area contributed by atoms with Gasteiger partial charge in [-0.2, -0.15) is 0 Å². The summed E-state index contributed by atoms with van der Waals surface area (Å²) in [7, 11) is 0. The lowest BCUT2D eigenvalue weighted by Crippen LogP contribution is -2.00. The molecule has 0 saturated heterocycles. The second-order valence-electron chi connectivity index (χ2n) is 14.5. The normalized spacial score (nSPS) is 11.1. The average molecular weight is 739 g/mol. The van der Waals surface area contributed by atoms with Crippen LogP contribution in [0.15, 0.2) is 231 Å². The summed E-state index contributed by atoms with van der Waals surface area (Å²) in [4.78, 5) is 11.6. The van der Waals surface area contributed by atoms with Crippen molar-refractivity contribution in [2.45, 2.75) is 0 Å². The Bertz CT molecular complexity index is 2820. The lowest BCUT2D eigenvalue weighted by molar-refractivity contribution is 1.29. The minimum atomic E-state index is 0.836. The van der Waals surface area contributed by atoms with Gasteiger partial charge in [0.1, 0.15) is 0 Å². The van der Waals surface area contributed by atoms with Crippen molar-refractivity contribution in [3.8, 4) is 89.3 Å². The molecule has 9 aromatic carbocycles. The van der Waals surface area contributed by atoms with E-state index in [1.165, 1.54) is 0 Å². The molecule has 0 amide bonds. The fourth-order valence-corrected chi connectivity index (χ4v) is 8.10.